The fraction of sp³-hybridized carbons (Fsp3) is 0.706. The summed E-state index contributed by atoms with van der Waals surface area (Å²) in [6.45, 7) is 7.93. The second kappa shape index (κ2) is 6.37. The fourth-order valence-corrected chi connectivity index (χ4v) is 4.07. The maximum absolute atomic E-state index is 12.7. The normalized spacial score (nSPS) is 21.7. The molecular weight excluding hydrogens is 334 g/mol. The van der Waals surface area contributed by atoms with Crippen LogP contribution in [-0.4, -0.2) is 49.2 Å². The number of hydrogen-bond acceptors (Lipinski definition) is 6. The number of urea groups is 1. The van der Waals surface area contributed by atoms with E-state index in [9.17, 15) is 4.79 Å². The van der Waals surface area contributed by atoms with Crippen molar-refractivity contribution in [2.24, 2.45) is 11.3 Å². The van der Waals surface area contributed by atoms with Gasteiger partial charge in [0.1, 0.15) is 6.54 Å². The number of carbonyl (C=O) groups is 1. The molecule has 0 bridgehead atoms. The van der Waals surface area contributed by atoms with E-state index in [0.29, 0.717) is 35.4 Å². The first-order valence-corrected chi connectivity index (χ1v) is 9.22. The molecule has 140 valence electrons. The Morgan fingerprint density at radius 3 is 2.85 bits per heavy atom. The van der Waals surface area contributed by atoms with E-state index in [2.05, 4.69) is 32.7 Å². The first-order valence-electron chi connectivity index (χ1n) is 9.22. The summed E-state index contributed by atoms with van der Waals surface area (Å²) in [5.74, 6) is 2.22. The Bertz CT molecular complexity index is 808. The van der Waals surface area contributed by atoms with Crippen LogP contribution in [0.15, 0.2) is 4.52 Å². The molecule has 2 aliphatic rings. The number of aromatic nitrogens is 5. The van der Waals surface area contributed by atoms with Crippen molar-refractivity contribution in [3.8, 4) is 0 Å². The third-order valence-electron chi connectivity index (χ3n) is 6.09. The Morgan fingerprint density at radius 2 is 2.19 bits per heavy atom. The Kier molecular flexibility index (Phi) is 4.16. The number of carbonyl (C=O) groups excluding carboxylic acids is 1. The summed E-state index contributed by atoms with van der Waals surface area (Å²) in [5, 5.41) is 15.0. The van der Waals surface area contributed by atoms with E-state index in [1.54, 1.807) is 11.6 Å². The van der Waals surface area contributed by atoms with Gasteiger partial charge in [-0.05, 0) is 37.5 Å². The first kappa shape index (κ1) is 17.0. The van der Waals surface area contributed by atoms with Crippen LogP contribution in [0.3, 0.4) is 0 Å². The molecular formula is C17H25N7O2. The highest BCUT2D eigenvalue weighted by atomic mass is 16.5. The number of hydrogen-bond donors (Lipinski definition) is 1. The van der Waals surface area contributed by atoms with Crippen LogP contribution < -0.4 is 5.32 Å². The molecule has 1 atom stereocenters. The van der Waals surface area contributed by atoms with Crippen molar-refractivity contribution in [1.29, 1.82) is 0 Å². The van der Waals surface area contributed by atoms with Gasteiger partial charge in [-0.25, -0.2) is 9.48 Å². The molecule has 1 N–H and O–H groups in total. The number of anilines is 1. The predicted molar refractivity (Wildman–Crippen MR) is 93.6 cm³/mol. The van der Waals surface area contributed by atoms with Crippen molar-refractivity contribution < 1.29 is 9.32 Å². The Hall–Kier alpha value is -2.45. The molecule has 1 saturated carbocycles. The number of rotatable bonds is 3. The van der Waals surface area contributed by atoms with Crippen molar-refractivity contribution in [3.63, 3.8) is 0 Å². The van der Waals surface area contributed by atoms with Crippen molar-refractivity contribution in [2.45, 2.75) is 53.0 Å². The van der Waals surface area contributed by atoms with Gasteiger partial charge < -0.3 is 9.42 Å². The average Bonchev–Trinajstić information content (AvgIpc) is 3.14. The van der Waals surface area contributed by atoms with E-state index >= 15 is 0 Å². The van der Waals surface area contributed by atoms with Crippen molar-refractivity contribution in [1.82, 2.24) is 30.0 Å². The zero-order valence-corrected chi connectivity index (χ0v) is 15.5. The topological polar surface area (TPSA) is 102 Å². The molecule has 0 radical (unpaired) electrons. The van der Waals surface area contributed by atoms with Crippen molar-refractivity contribution in [3.05, 3.63) is 17.4 Å². The fourth-order valence-electron chi connectivity index (χ4n) is 4.07. The lowest BCUT2D eigenvalue weighted by atomic mass is 9.59. The summed E-state index contributed by atoms with van der Waals surface area (Å²) in [5.41, 5.74) is 1.10. The van der Waals surface area contributed by atoms with Gasteiger partial charge in [0, 0.05) is 20.0 Å². The molecule has 1 saturated heterocycles. The molecule has 2 amide bonds. The molecule has 2 aromatic heterocycles. The van der Waals surface area contributed by atoms with Crippen LogP contribution in [0.1, 0.15) is 50.0 Å². The van der Waals surface area contributed by atoms with E-state index in [0.717, 1.165) is 25.2 Å². The standard InChI is InChI=1S/C17H25N7O2/c1-11-5-8-23(10-17(11)6-4-7-17)16(25)19-15-12(2)24(22-20-15)9-14-18-13(3)26-21-14/h11H,4-10H2,1-3H3,(H,19,25). The minimum Gasteiger partial charge on any atom is -0.340 e. The zero-order chi connectivity index (χ0) is 18.3. The first-order chi connectivity index (χ1) is 12.5. The molecule has 1 aliphatic carbocycles. The van der Waals surface area contributed by atoms with E-state index in [1.165, 1.54) is 19.3 Å². The molecule has 9 nitrogen and oxygen atoms in total. The highest BCUT2D eigenvalue weighted by Crippen LogP contribution is 2.50. The van der Waals surface area contributed by atoms with Gasteiger partial charge in [0.05, 0.1) is 5.69 Å². The smallest absolute Gasteiger partial charge is 0.323 e. The summed E-state index contributed by atoms with van der Waals surface area (Å²) in [6.07, 6.45) is 4.81. The lowest BCUT2D eigenvalue weighted by molar-refractivity contribution is -0.0108. The maximum Gasteiger partial charge on any atom is 0.323 e. The monoisotopic (exact) mass is 359 g/mol. The van der Waals surface area contributed by atoms with E-state index < -0.39 is 0 Å². The molecule has 3 heterocycles. The Labute approximate surface area is 152 Å². The van der Waals surface area contributed by atoms with E-state index in [1.807, 2.05) is 11.8 Å². The summed E-state index contributed by atoms with van der Waals surface area (Å²) in [4.78, 5) is 18.8. The third kappa shape index (κ3) is 2.95. The number of nitrogens with zero attached hydrogens (tertiary/aromatic N) is 6. The maximum atomic E-state index is 12.7. The minimum atomic E-state index is -0.0891. The van der Waals surface area contributed by atoms with Crippen LogP contribution in [0.2, 0.25) is 0 Å². The molecule has 1 spiro atoms. The lowest BCUT2D eigenvalue weighted by Crippen LogP contribution is -2.54. The zero-order valence-electron chi connectivity index (χ0n) is 15.5. The second-order valence-corrected chi connectivity index (χ2v) is 7.67. The molecule has 26 heavy (non-hydrogen) atoms. The minimum absolute atomic E-state index is 0.0891. The highest BCUT2D eigenvalue weighted by molar-refractivity contribution is 5.88. The van der Waals surface area contributed by atoms with Gasteiger partial charge in [-0.2, -0.15) is 4.98 Å². The largest absolute Gasteiger partial charge is 0.340 e. The quantitative estimate of drug-likeness (QED) is 0.903. The van der Waals surface area contributed by atoms with E-state index in [-0.39, 0.29) is 6.03 Å². The number of aryl methyl sites for hydroxylation is 1. The van der Waals surface area contributed by atoms with Gasteiger partial charge in [0.25, 0.3) is 0 Å². The van der Waals surface area contributed by atoms with Crippen LogP contribution in [-0.2, 0) is 6.54 Å². The van der Waals surface area contributed by atoms with Gasteiger partial charge in [0.15, 0.2) is 11.6 Å². The van der Waals surface area contributed by atoms with Gasteiger partial charge >= 0.3 is 6.03 Å². The molecule has 1 unspecified atom stereocenters. The molecule has 4 rings (SSSR count). The van der Waals surface area contributed by atoms with Gasteiger partial charge in [-0.15, -0.1) is 5.10 Å². The van der Waals surface area contributed by atoms with Gasteiger partial charge in [0.2, 0.25) is 5.89 Å². The number of nitrogens with one attached hydrogen (secondary N) is 1. The van der Waals surface area contributed by atoms with Crippen LogP contribution >= 0.6 is 0 Å². The van der Waals surface area contributed by atoms with Crippen LogP contribution in [0, 0.1) is 25.2 Å². The number of piperidine rings is 1. The average molecular weight is 359 g/mol. The summed E-state index contributed by atoms with van der Waals surface area (Å²) >= 11 is 0. The second-order valence-electron chi connectivity index (χ2n) is 7.67. The summed E-state index contributed by atoms with van der Waals surface area (Å²) < 4.78 is 6.63. The van der Waals surface area contributed by atoms with Crippen molar-refractivity contribution >= 4 is 11.8 Å². The van der Waals surface area contributed by atoms with Crippen molar-refractivity contribution in [2.75, 3.05) is 18.4 Å². The summed E-state index contributed by atoms with van der Waals surface area (Å²) in [6, 6.07) is -0.0891. The molecule has 2 fully saturated rings. The SMILES string of the molecule is Cc1nc(Cn2nnc(NC(=O)N3CCC(C)C4(CCC4)C3)c2C)no1. The Morgan fingerprint density at radius 1 is 1.38 bits per heavy atom. The van der Waals surface area contributed by atoms with Gasteiger partial charge in [-0.1, -0.05) is 23.7 Å². The van der Waals surface area contributed by atoms with Gasteiger partial charge in [-0.3, -0.25) is 5.32 Å². The number of amides is 2. The molecule has 2 aromatic rings. The third-order valence-corrected chi connectivity index (χ3v) is 6.09. The lowest BCUT2D eigenvalue weighted by Gasteiger charge is -2.52. The Balaban J connectivity index is 1.42. The highest BCUT2D eigenvalue weighted by Gasteiger charge is 2.46. The predicted octanol–water partition coefficient (Wildman–Crippen LogP) is 2.37. The van der Waals surface area contributed by atoms with Crippen LogP contribution in [0.25, 0.3) is 0 Å². The molecule has 1 aliphatic heterocycles. The molecule has 0 aromatic carbocycles. The number of likely N-dealkylation sites (tertiary alicyclic amines) is 1. The van der Waals surface area contributed by atoms with Crippen LogP contribution in [0.5, 0.6) is 0 Å². The van der Waals surface area contributed by atoms with Crippen LogP contribution in [0.4, 0.5) is 10.6 Å². The molecule has 9 heteroatoms. The van der Waals surface area contributed by atoms with E-state index in [4.69, 9.17) is 4.52 Å². The summed E-state index contributed by atoms with van der Waals surface area (Å²) in [7, 11) is 0.